The van der Waals surface area contributed by atoms with Crippen LogP contribution in [0.3, 0.4) is 0 Å². The Kier molecular flexibility index (Phi) is 2.53. The van der Waals surface area contributed by atoms with Gasteiger partial charge in [-0.25, -0.2) is 13.8 Å². The zero-order valence-electron chi connectivity index (χ0n) is 11.3. The highest BCUT2D eigenvalue weighted by Gasteiger charge is 2.20. The normalized spacial score (nSPS) is 11.3. The number of aromatic amines is 1. The fraction of sp³-hybridized carbons (Fsp3) is 0. The Labute approximate surface area is 123 Å². The van der Waals surface area contributed by atoms with Crippen LogP contribution in [0.5, 0.6) is 0 Å². The van der Waals surface area contributed by atoms with Crippen LogP contribution >= 0.6 is 0 Å². The van der Waals surface area contributed by atoms with Gasteiger partial charge in [-0.2, -0.15) is 0 Å². The minimum Gasteiger partial charge on any atom is -0.358 e. The van der Waals surface area contributed by atoms with Crippen molar-refractivity contribution in [2.24, 2.45) is 0 Å². The van der Waals surface area contributed by atoms with Crippen molar-refractivity contribution >= 4 is 11.0 Å². The summed E-state index contributed by atoms with van der Waals surface area (Å²) in [4.78, 5) is 28.2. The molecule has 108 valence electrons. The van der Waals surface area contributed by atoms with E-state index in [0.29, 0.717) is 11.2 Å². The van der Waals surface area contributed by atoms with Crippen molar-refractivity contribution in [2.75, 3.05) is 0 Å². The van der Waals surface area contributed by atoms with E-state index in [4.69, 9.17) is 0 Å². The van der Waals surface area contributed by atoms with Gasteiger partial charge in [-0.3, -0.25) is 9.36 Å². The van der Waals surface area contributed by atoms with Crippen LogP contribution in [0.25, 0.3) is 22.4 Å². The van der Waals surface area contributed by atoms with Crippen LogP contribution in [-0.2, 0) is 0 Å². The maximum Gasteiger partial charge on any atom is 0.341 e. The van der Waals surface area contributed by atoms with Gasteiger partial charge in [0.05, 0.1) is 16.7 Å². The summed E-state index contributed by atoms with van der Waals surface area (Å²) in [7, 11) is 0. The van der Waals surface area contributed by atoms with E-state index in [1.54, 1.807) is 12.1 Å². The highest BCUT2D eigenvalue weighted by atomic mass is 19.1. The first-order valence-electron chi connectivity index (χ1n) is 6.66. The predicted octanol–water partition coefficient (Wildman–Crippen LogP) is 2.05. The van der Waals surface area contributed by atoms with Gasteiger partial charge in [-0.15, -0.1) is 0 Å². The van der Waals surface area contributed by atoms with Gasteiger partial charge >= 0.3 is 5.69 Å². The summed E-state index contributed by atoms with van der Waals surface area (Å²) in [5.41, 5.74) is 1.02. The molecule has 0 aromatic heterocycles. The lowest BCUT2D eigenvalue weighted by molar-refractivity contribution is 0.627. The molecule has 5 nitrogen and oxygen atoms in total. The van der Waals surface area contributed by atoms with Gasteiger partial charge in [0.2, 0.25) is 0 Å². The van der Waals surface area contributed by atoms with Crippen molar-refractivity contribution in [3.63, 3.8) is 0 Å². The monoisotopic (exact) mass is 295 g/mol. The second-order valence-electron chi connectivity index (χ2n) is 4.93. The quantitative estimate of drug-likeness (QED) is 0.584. The molecule has 4 rings (SSSR count). The Hall–Kier alpha value is -3.15. The Bertz CT molecular complexity index is 1070. The van der Waals surface area contributed by atoms with E-state index in [1.807, 2.05) is 12.1 Å². The molecule has 0 unspecified atom stereocenters. The molecule has 0 radical (unpaired) electrons. The van der Waals surface area contributed by atoms with Crippen molar-refractivity contribution in [1.29, 1.82) is 0 Å². The lowest BCUT2D eigenvalue weighted by Crippen LogP contribution is -2.25. The fourth-order valence-electron chi connectivity index (χ4n) is 2.61. The molecular formula is C16H10FN3O2. The van der Waals surface area contributed by atoms with Crippen LogP contribution in [0.15, 0.2) is 64.3 Å². The second kappa shape index (κ2) is 4.42. The van der Waals surface area contributed by atoms with E-state index in [9.17, 15) is 14.0 Å². The highest BCUT2D eigenvalue weighted by Crippen LogP contribution is 2.15. The summed E-state index contributed by atoms with van der Waals surface area (Å²) in [6.45, 7) is 0. The topological polar surface area (TPSA) is 59.8 Å². The van der Waals surface area contributed by atoms with Crippen LogP contribution in [0.2, 0.25) is 0 Å². The van der Waals surface area contributed by atoms with Gasteiger partial charge in [-0.1, -0.05) is 12.1 Å². The third kappa shape index (κ3) is 1.64. The molecule has 0 bridgehead atoms. The minimum atomic E-state index is -0.475. The molecule has 0 aliphatic carbocycles. The number of fused-ring (bicyclic) bond motifs is 3. The third-order valence-electron chi connectivity index (χ3n) is 3.64. The first-order chi connectivity index (χ1) is 10.7. The number of imidazole rings is 1. The molecule has 0 fully saturated rings. The molecule has 2 heterocycles. The number of rotatable bonds is 1. The maximum absolute atomic E-state index is 13.0. The van der Waals surface area contributed by atoms with Crippen LogP contribution in [-0.4, -0.2) is 14.1 Å². The molecule has 22 heavy (non-hydrogen) atoms. The van der Waals surface area contributed by atoms with Crippen molar-refractivity contribution in [2.45, 2.75) is 0 Å². The molecule has 0 atom stereocenters. The molecule has 0 saturated heterocycles. The SMILES string of the molecule is O=c1c2c[nH]c3ccccc3n-2c(=O)n1-c1ccc(F)cc1. The van der Waals surface area contributed by atoms with Crippen molar-refractivity contribution in [1.82, 2.24) is 14.1 Å². The van der Waals surface area contributed by atoms with Gasteiger partial charge in [0.1, 0.15) is 11.5 Å². The van der Waals surface area contributed by atoms with Crippen molar-refractivity contribution in [3.8, 4) is 11.4 Å². The molecule has 2 aliphatic heterocycles. The summed E-state index contributed by atoms with van der Waals surface area (Å²) in [5, 5.41) is 0. The molecule has 6 heteroatoms. The summed E-state index contributed by atoms with van der Waals surface area (Å²) < 4.78 is 15.4. The zero-order valence-corrected chi connectivity index (χ0v) is 11.3. The largest absolute Gasteiger partial charge is 0.358 e. The number of hydrogen-bond acceptors (Lipinski definition) is 2. The molecule has 0 amide bonds. The van der Waals surface area contributed by atoms with Crippen molar-refractivity contribution < 1.29 is 4.39 Å². The first kappa shape index (κ1) is 12.6. The third-order valence-corrected chi connectivity index (χ3v) is 3.64. The molecular weight excluding hydrogens is 285 g/mol. The van der Waals surface area contributed by atoms with Gasteiger partial charge in [0.25, 0.3) is 5.56 Å². The number of hydrogen-bond donors (Lipinski definition) is 1. The molecule has 2 aliphatic rings. The molecule has 0 spiro atoms. The summed E-state index contributed by atoms with van der Waals surface area (Å²) >= 11 is 0. The molecule has 2 aromatic carbocycles. The highest BCUT2D eigenvalue weighted by molar-refractivity contribution is 5.77. The van der Waals surface area contributed by atoms with Gasteiger partial charge in [-0.05, 0) is 36.4 Å². The van der Waals surface area contributed by atoms with Gasteiger partial charge in [0.15, 0.2) is 0 Å². The lowest BCUT2D eigenvalue weighted by atomic mass is 10.3. The number of benzene rings is 2. The number of nitrogens with zero attached hydrogens (tertiary/aromatic N) is 2. The molecule has 1 N–H and O–H groups in total. The second-order valence-corrected chi connectivity index (χ2v) is 4.93. The van der Waals surface area contributed by atoms with E-state index in [0.717, 1.165) is 10.1 Å². The first-order valence-corrected chi connectivity index (χ1v) is 6.66. The Morgan fingerprint density at radius 1 is 0.909 bits per heavy atom. The summed E-state index contributed by atoms with van der Waals surface area (Å²) in [5.74, 6) is -0.424. The molecule has 0 saturated carbocycles. The lowest BCUT2D eigenvalue weighted by Gasteiger charge is -2.05. The van der Waals surface area contributed by atoms with Crippen LogP contribution in [0.4, 0.5) is 4.39 Å². The van der Waals surface area contributed by atoms with Crippen LogP contribution in [0, 0.1) is 5.82 Å². The van der Waals surface area contributed by atoms with Gasteiger partial charge < -0.3 is 4.98 Å². The number of para-hydroxylation sites is 2. The van der Waals surface area contributed by atoms with E-state index in [2.05, 4.69) is 4.98 Å². The van der Waals surface area contributed by atoms with E-state index in [-0.39, 0.29) is 5.69 Å². The number of nitrogens with one attached hydrogen (secondary N) is 1. The summed E-state index contributed by atoms with van der Waals surface area (Å²) in [6, 6.07) is 12.5. The number of halogens is 1. The smallest absolute Gasteiger partial charge is 0.341 e. The zero-order chi connectivity index (χ0) is 15.3. The van der Waals surface area contributed by atoms with Crippen LogP contribution in [0.1, 0.15) is 0 Å². The standard InChI is InChI=1S/C16H10FN3O2/c17-10-5-7-11(8-6-10)19-15(21)14-9-18-12-3-1-2-4-13(12)20(14)16(19)22/h1-9,18H. The minimum absolute atomic E-state index is 0.244. The fourth-order valence-corrected chi connectivity index (χ4v) is 2.61. The molecule has 2 aromatic rings. The van der Waals surface area contributed by atoms with Gasteiger partial charge in [0, 0.05) is 6.20 Å². The number of aromatic nitrogens is 3. The van der Waals surface area contributed by atoms with E-state index >= 15 is 0 Å². The van der Waals surface area contributed by atoms with Crippen molar-refractivity contribution in [3.05, 3.63) is 81.4 Å². The Balaban J connectivity index is 2.15. The average molecular weight is 295 g/mol. The van der Waals surface area contributed by atoms with E-state index < -0.39 is 17.1 Å². The average Bonchev–Trinajstić information content (AvgIpc) is 2.80. The summed E-state index contributed by atoms with van der Waals surface area (Å²) in [6.07, 6.45) is 1.51. The predicted molar refractivity (Wildman–Crippen MR) is 80.6 cm³/mol. The van der Waals surface area contributed by atoms with Crippen LogP contribution < -0.4 is 11.2 Å². The maximum atomic E-state index is 13.0. The number of H-pyrrole nitrogens is 1. The Morgan fingerprint density at radius 2 is 1.64 bits per heavy atom. The Morgan fingerprint density at radius 3 is 2.41 bits per heavy atom. The van der Waals surface area contributed by atoms with E-state index in [1.165, 1.54) is 35.0 Å².